The maximum absolute atomic E-state index is 4.51. The molecule has 0 bridgehead atoms. The topological polar surface area (TPSA) is 70.9 Å². The van der Waals surface area contributed by atoms with E-state index in [1.807, 2.05) is 10.7 Å². The summed E-state index contributed by atoms with van der Waals surface area (Å²) in [5.74, 6) is 1.36. The number of fused-ring (bicyclic) bond motifs is 3. The standard InChI is InChI=1S/C18H24N6/c1-2-14(3-1)20-10-12-4-6-13(7-5-12)16-17-15-8-9-19-18(15)21-11-24(17)23-22-16/h8-9,11-14,19-20H,1-7,10H2. The predicted molar refractivity (Wildman–Crippen MR) is 93.0 cm³/mol. The molecule has 126 valence electrons. The van der Waals surface area contributed by atoms with Gasteiger partial charge >= 0.3 is 0 Å². The Hall–Kier alpha value is -1.95. The van der Waals surface area contributed by atoms with Crippen LogP contribution < -0.4 is 5.32 Å². The normalized spacial score (nSPS) is 25.3. The van der Waals surface area contributed by atoms with Crippen LogP contribution in [0, 0.1) is 5.92 Å². The summed E-state index contributed by atoms with van der Waals surface area (Å²) in [5.41, 5.74) is 3.22. The smallest absolute Gasteiger partial charge is 0.141 e. The summed E-state index contributed by atoms with van der Waals surface area (Å²) in [4.78, 5) is 7.58. The largest absolute Gasteiger partial charge is 0.346 e. The lowest BCUT2D eigenvalue weighted by molar-refractivity contribution is 0.268. The summed E-state index contributed by atoms with van der Waals surface area (Å²) in [5, 5.41) is 13.7. The minimum absolute atomic E-state index is 0.531. The van der Waals surface area contributed by atoms with E-state index in [-0.39, 0.29) is 0 Å². The van der Waals surface area contributed by atoms with Gasteiger partial charge in [-0.25, -0.2) is 9.50 Å². The molecule has 3 aromatic heterocycles. The number of nitrogens with zero attached hydrogens (tertiary/aromatic N) is 4. The van der Waals surface area contributed by atoms with Gasteiger partial charge < -0.3 is 10.3 Å². The molecule has 0 unspecified atom stereocenters. The molecule has 3 aromatic rings. The summed E-state index contributed by atoms with van der Waals surface area (Å²) in [7, 11) is 0. The predicted octanol–water partition coefficient (Wildman–Crippen LogP) is 3.02. The van der Waals surface area contributed by atoms with E-state index in [1.165, 1.54) is 51.5 Å². The number of nitrogens with one attached hydrogen (secondary N) is 2. The van der Waals surface area contributed by atoms with Crippen molar-refractivity contribution in [3.8, 4) is 0 Å². The van der Waals surface area contributed by atoms with Crippen LogP contribution in [-0.2, 0) is 0 Å². The first-order chi connectivity index (χ1) is 11.9. The fourth-order valence-corrected chi connectivity index (χ4v) is 4.28. The van der Waals surface area contributed by atoms with E-state index in [4.69, 9.17) is 0 Å². The van der Waals surface area contributed by atoms with E-state index < -0.39 is 0 Å². The molecule has 5 rings (SSSR count). The minimum atomic E-state index is 0.531. The van der Waals surface area contributed by atoms with Crippen LogP contribution in [0.5, 0.6) is 0 Å². The molecule has 2 saturated carbocycles. The van der Waals surface area contributed by atoms with Crippen molar-refractivity contribution in [2.24, 2.45) is 5.92 Å². The van der Waals surface area contributed by atoms with Gasteiger partial charge in [0.1, 0.15) is 17.5 Å². The van der Waals surface area contributed by atoms with Crippen molar-refractivity contribution < 1.29 is 0 Å². The van der Waals surface area contributed by atoms with E-state index in [9.17, 15) is 0 Å². The van der Waals surface area contributed by atoms with Gasteiger partial charge in [0.2, 0.25) is 0 Å². The van der Waals surface area contributed by atoms with E-state index in [1.54, 1.807) is 6.33 Å². The number of aromatic nitrogens is 5. The number of rotatable bonds is 4. The lowest BCUT2D eigenvalue weighted by atomic mass is 9.79. The van der Waals surface area contributed by atoms with Gasteiger partial charge in [-0.15, -0.1) is 5.10 Å². The third-order valence-electron chi connectivity index (χ3n) is 6.03. The molecule has 0 atom stereocenters. The molecular formula is C18H24N6. The van der Waals surface area contributed by atoms with Gasteiger partial charge in [0, 0.05) is 23.5 Å². The van der Waals surface area contributed by atoms with Crippen LogP contribution in [0.4, 0.5) is 0 Å². The summed E-state index contributed by atoms with van der Waals surface area (Å²) in [6.45, 7) is 1.20. The third kappa shape index (κ3) is 2.40. The molecule has 24 heavy (non-hydrogen) atoms. The molecule has 2 fully saturated rings. The zero-order valence-electron chi connectivity index (χ0n) is 13.9. The molecule has 2 N–H and O–H groups in total. The Kier molecular flexibility index (Phi) is 3.51. The highest BCUT2D eigenvalue weighted by atomic mass is 15.4. The van der Waals surface area contributed by atoms with Crippen LogP contribution >= 0.6 is 0 Å². The fraction of sp³-hybridized carbons (Fsp3) is 0.611. The van der Waals surface area contributed by atoms with E-state index >= 15 is 0 Å². The molecule has 0 aliphatic heterocycles. The Morgan fingerprint density at radius 3 is 2.83 bits per heavy atom. The zero-order chi connectivity index (χ0) is 15.9. The highest BCUT2D eigenvalue weighted by molar-refractivity contribution is 5.92. The summed E-state index contributed by atoms with van der Waals surface area (Å²) < 4.78 is 1.83. The Labute approximate surface area is 141 Å². The van der Waals surface area contributed by atoms with E-state index in [0.717, 1.165) is 34.2 Å². The van der Waals surface area contributed by atoms with Gasteiger partial charge in [0.15, 0.2) is 0 Å². The average molecular weight is 324 g/mol. The van der Waals surface area contributed by atoms with Gasteiger partial charge in [-0.2, -0.15) is 0 Å². The second kappa shape index (κ2) is 5.84. The van der Waals surface area contributed by atoms with E-state index in [0.29, 0.717) is 5.92 Å². The lowest BCUT2D eigenvalue weighted by Crippen LogP contribution is -2.38. The molecule has 0 spiro atoms. The summed E-state index contributed by atoms with van der Waals surface area (Å²) in [6.07, 6.45) is 12.9. The molecule has 0 saturated heterocycles. The second-order valence-corrected chi connectivity index (χ2v) is 7.51. The molecule has 2 aliphatic rings. The van der Waals surface area contributed by atoms with Crippen molar-refractivity contribution in [2.45, 2.75) is 56.9 Å². The summed E-state index contributed by atoms with van der Waals surface area (Å²) >= 11 is 0. The maximum atomic E-state index is 4.51. The van der Waals surface area contributed by atoms with Gasteiger partial charge in [-0.3, -0.25) is 0 Å². The van der Waals surface area contributed by atoms with E-state index in [2.05, 4.69) is 31.7 Å². The second-order valence-electron chi connectivity index (χ2n) is 7.51. The SMILES string of the molecule is c1cc2c(ncn3nnc(C4CCC(CNC5CCC5)CC4)c23)[nH]1. The zero-order valence-corrected chi connectivity index (χ0v) is 13.9. The first kappa shape index (κ1) is 14.4. The minimum Gasteiger partial charge on any atom is -0.346 e. The van der Waals surface area contributed by atoms with Gasteiger partial charge in [0.05, 0.1) is 5.69 Å². The van der Waals surface area contributed by atoms with Crippen molar-refractivity contribution in [1.29, 1.82) is 0 Å². The monoisotopic (exact) mass is 324 g/mol. The van der Waals surface area contributed by atoms with Gasteiger partial charge in [0.25, 0.3) is 0 Å². The van der Waals surface area contributed by atoms with Crippen molar-refractivity contribution in [3.63, 3.8) is 0 Å². The van der Waals surface area contributed by atoms with Crippen molar-refractivity contribution >= 4 is 16.6 Å². The maximum Gasteiger partial charge on any atom is 0.141 e. The highest BCUT2D eigenvalue weighted by Gasteiger charge is 2.27. The Morgan fingerprint density at radius 2 is 2.04 bits per heavy atom. The first-order valence-electron chi connectivity index (χ1n) is 9.29. The van der Waals surface area contributed by atoms with Crippen LogP contribution in [-0.4, -0.2) is 37.4 Å². The average Bonchev–Trinajstić information content (AvgIpc) is 3.20. The van der Waals surface area contributed by atoms with Gasteiger partial charge in [-0.05, 0) is 57.1 Å². The van der Waals surface area contributed by atoms with Crippen LogP contribution in [0.1, 0.15) is 56.6 Å². The Morgan fingerprint density at radius 1 is 1.17 bits per heavy atom. The number of aromatic amines is 1. The molecule has 3 heterocycles. The quantitative estimate of drug-likeness (QED) is 0.774. The highest BCUT2D eigenvalue weighted by Crippen LogP contribution is 2.37. The molecule has 0 radical (unpaired) electrons. The number of hydrogen-bond donors (Lipinski definition) is 2. The molecule has 2 aliphatic carbocycles. The number of hydrogen-bond acceptors (Lipinski definition) is 4. The first-order valence-corrected chi connectivity index (χ1v) is 9.29. The molecule has 6 heteroatoms. The van der Waals surface area contributed by atoms with Crippen LogP contribution in [0.25, 0.3) is 16.6 Å². The van der Waals surface area contributed by atoms with Crippen molar-refractivity contribution in [1.82, 2.24) is 30.1 Å². The Balaban J connectivity index is 1.32. The molecule has 0 amide bonds. The third-order valence-corrected chi connectivity index (χ3v) is 6.03. The fourth-order valence-electron chi connectivity index (χ4n) is 4.28. The lowest BCUT2D eigenvalue weighted by Gasteiger charge is -2.32. The number of H-pyrrole nitrogens is 1. The van der Waals surface area contributed by atoms with Crippen LogP contribution in [0.15, 0.2) is 18.6 Å². The van der Waals surface area contributed by atoms with Crippen molar-refractivity contribution in [2.75, 3.05) is 6.54 Å². The molecule has 0 aromatic carbocycles. The Bertz CT molecular complexity index is 838. The summed E-state index contributed by atoms with van der Waals surface area (Å²) in [6, 6.07) is 2.89. The molecular weight excluding hydrogens is 300 g/mol. The molecule has 6 nitrogen and oxygen atoms in total. The van der Waals surface area contributed by atoms with Crippen molar-refractivity contribution in [3.05, 3.63) is 24.3 Å². The van der Waals surface area contributed by atoms with Crippen LogP contribution in [0.2, 0.25) is 0 Å². The van der Waals surface area contributed by atoms with Crippen LogP contribution in [0.3, 0.4) is 0 Å². The van der Waals surface area contributed by atoms with Gasteiger partial charge in [-0.1, -0.05) is 11.6 Å².